The van der Waals surface area contributed by atoms with E-state index < -0.39 is 7.60 Å². The predicted molar refractivity (Wildman–Crippen MR) is 36.8 cm³/mol. The van der Waals surface area contributed by atoms with E-state index in [1.807, 2.05) is 0 Å². The van der Waals surface area contributed by atoms with Crippen LogP contribution in [0.1, 0.15) is 13.8 Å². The van der Waals surface area contributed by atoms with Crippen LogP contribution in [-0.4, -0.2) is 19.9 Å². The number of hydrogen-bond acceptors (Lipinski definition) is 3. The van der Waals surface area contributed by atoms with Gasteiger partial charge in [0.25, 0.3) is 0 Å². The molecule has 56 valence electrons. The fourth-order valence-electron chi connectivity index (χ4n) is 0.557. The van der Waals surface area contributed by atoms with Gasteiger partial charge in [-0.1, -0.05) is 7.43 Å². The summed E-state index contributed by atoms with van der Waals surface area (Å²) in [6, 6.07) is 0. The van der Waals surface area contributed by atoms with Crippen LogP contribution < -0.4 is 0 Å². The van der Waals surface area contributed by atoms with Gasteiger partial charge in [-0.05, 0) is 6.42 Å². The lowest BCUT2D eigenvalue weighted by atomic mass is 10.5. The van der Waals surface area contributed by atoms with E-state index in [4.69, 9.17) is 9.05 Å². The Morgan fingerprint density at radius 3 is 2.00 bits per heavy atom. The number of hydrogen-bond donors (Lipinski definition) is 0. The Kier molecular flexibility index (Phi) is 3.41. The van der Waals surface area contributed by atoms with Crippen molar-refractivity contribution in [3.63, 3.8) is 0 Å². The highest BCUT2D eigenvalue weighted by atomic mass is 31.2. The molecule has 1 aliphatic rings. The van der Waals surface area contributed by atoms with Gasteiger partial charge in [0.15, 0.2) is 0 Å². The monoisotopic (exact) mass is 152 g/mol. The van der Waals surface area contributed by atoms with Crippen LogP contribution in [0.5, 0.6) is 0 Å². The molecule has 1 heterocycles. The summed E-state index contributed by atoms with van der Waals surface area (Å²) in [6.45, 7) is 2.65. The van der Waals surface area contributed by atoms with Gasteiger partial charge < -0.3 is 9.05 Å². The van der Waals surface area contributed by atoms with Crippen LogP contribution in [0.25, 0.3) is 0 Å². The Bertz CT molecular complexity index is 113. The predicted octanol–water partition coefficient (Wildman–Crippen LogP) is 1.88. The fourth-order valence-corrected chi connectivity index (χ4v) is 1.55. The van der Waals surface area contributed by atoms with Crippen LogP contribution in [0.3, 0.4) is 0 Å². The van der Waals surface area contributed by atoms with Gasteiger partial charge in [-0.25, -0.2) is 0 Å². The highest BCUT2D eigenvalue weighted by Crippen LogP contribution is 2.46. The molecule has 0 unspecified atom stereocenters. The van der Waals surface area contributed by atoms with Gasteiger partial charge in [0.1, 0.15) is 0 Å². The summed E-state index contributed by atoms with van der Waals surface area (Å²) >= 11 is 0. The van der Waals surface area contributed by atoms with Gasteiger partial charge in [0.05, 0.1) is 13.2 Å². The molecule has 0 aromatic carbocycles. The smallest absolute Gasteiger partial charge is 0.309 e. The molecular formula is C5H13O3P. The Labute approximate surface area is 55.9 Å². The Morgan fingerprint density at radius 1 is 1.33 bits per heavy atom. The number of rotatable bonds is 0. The zero-order chi connectivity index (χ0) is 6.04. The molecule has 1 aliphatic heterocycles. The lowest BCUT2D eigenvalue weighted by Gasteiger charge is -2.18. The molecule has 9 heavy (non-hydrogen) atoms. The maximum atomic E-state index is 10.8. The van der Waals surface area contributed by atoms with E-state index in [-0.39, 0.29) is 7.43 Å². The molecule has 1 saturated heterocycles. The minimum absolute atomic E-state index is 0. The van der Waals surface area contributed by atoms with Crippen molar-refractivity contribution in [1.82, 2.24) is 0 Å². The molecule has 1 fully saturated rings. The topological polar surface area (TPSA) is 35.5 Å². The van der Waals surface area contributed by atoms with E-state index in [0.29, 0.717) is 13.2 Å². The molecule has 0 aliphatic carbocycles. The van der Waals surface area contributed by atoms with Crippen molar-refractivity contribution >= 4 is 7.60 Å². The largest absolute Gasteiger partial charge is 0.327 e. The van der Waals surface area contributed by atoms with Crippen molar-refractivity contribution in [3.05, 3.63) is 0 Å². The summed E-state index contributed by atoms with van der Waals surface area (Å²) in [5.41, 5.74) is 0. The molecule has 0 radical (unpaired) electrons. The first-order valence-corrected chi connectivity index (χ1v) is 4.56. The van der Waals surface area contributed by atoms with Crippen molar-refractivity contribution < 1.29 is 13.6 Å². The molecule has 4 heteroatoms. The summed E-state index contributed by atoms with van der Waals surface area (Å²) < 4.78 is 20.4. The zero-order valence-electron chi connectivity index (χ0n) is 4.79. The molecule has 0 aromatic rings. The molecule has 0 aromatic heterocycles. The van der Waals surface area contributed by atoms with Gasteiger partial charge in [-0.2, -0.15) is 0 Å². The minimum atomic E-state index is -2.59. The third-order valence-electron chi connectivity index (χ3n) is 0.940. The summed E-state index contributed by atoms with van der Waals surface area (Å²) in [5.74, 6) is 0. The van der Waals surface area contributed by atoms with Gasteiger partial charge >= 0.3 is 7.60 Å². The van der Waals surface area contributed by atoms with Gasteiger partial charge in [0.2, 0.25) is 0 Å². The molecule has 1 rings (SSSR count). The minimum Gasteiger partial charge on any atom is -0.309 e. The van der Waals surface area contributed by atoms with Crippen molar-refractivity contribution in [2.45, 2.75) is 13.8 Å². The first kappa shape index (κ1) is 9.15. The average Bonchev–Trinajstić information content (AvgIpc) is 1.65. The van der Waals surface area contributed by atoms with Crippen LogP contribution in [0, 0.1) is 0 Å². The summed E-state index contributed by atoms with van der Waals surface area (Å²) in [7, 11) is -2.59. The first-order valence-electron chi connectivity index (χ1n) is 2.57. The summed E-state index contributed by atoms with van der Waals surface area (Å²) in [5, 5.41) is 0. The fraction of sp³-hybridized carbons (Fsp3) is 1.00. The standard InChI is InChI=1S/C4H9O3P.CH4/c1-8(5)6-3-2-4-7-8;/h2-4H2,1H3;1H4. The van der Waals surface area contributed by atoms with Crippen molar-refractivity contribution in [3.8, 4) is 0 Å². The maximum Gasteiger partial charge on any atom is 0.327 e. The van der Waals surface area contributed by atoms with Crippen molar-refractivity contribution in [1.29, 1.82) is 0 Å². The van der Waals surface area contributed by atoms with Gasteiger partial charge in [-0.15, -0.1) is 0 Å². The molecule has 3 nitrogen and oxygen atoms in total. The zero-order valence-corrected chi connectivity index (χ0v) is 5.69. The highest BCUT2D eigenvalue weighted by molar-refractivity contribution is 7.53. The Balaban J connectivity index is 0.000000640. The van der Waals surface area contributed by atoms with E-state index >= 15 is 0 Å². The highest BCUT2D eigenvalue weighted by Gasteiger charge is 2.19. The third-order valence-corrected chi connectivity index (χ3v) is 2.24. The molecular weight excluding hydrogens is 139 g/mol. The van der Waals surface area contributed by atoms with Crippen molar-refractivity contribution in [2.24, 2.45) is 0 Å². The van der Waals surface area contributed by atoms with Gasteiger partial charge in [-0.3, -0.25) is 4.57 Å². The Morgan fingerprint density at radius 2 is 1.78 bits per heavy atom. The lowest BCUT2D eigenvalue weighted by Crippen LogP contribution is -2.06. The van der Waals surface area contributed by atoms with E-state index in [1.54, 1.807) is 0 Å². The van der Waals surface area contributed by atoms with Crippen LogP contribution in [0.4, 0.5) is 0 Å². The normalized spacial score (nSPS) is 24.6. The second kappa shape index (κ2) is 3.35. The van der Waals surface area contributed by atoms with Gasteiger partial charge in [0, 0.05) is 6.66 Å². The lowest BCUT2D eigenvalue weighted by molar-refractivity contribution is 0.150. The first-order chi connectivity index (χ1) is 3.71. The average molecular weight is 152 g/mol. The maximum absolute atomic E-state index is 10.8. The van der Waals surface area contributed by atoms with Crippen molar-refractivity contribution in [2.75, 3.05) is 19.9 Å². The summed E-state index contributed by atoms with van der Waals surface area (Å²) in [4.78, 5) is 0. The van der Waals surface area contributed by atoms with E-state index in [0.717, 1.165) is 6.42 Å². The second-order valence-corrected chi connectivity index (χ2v) is 3.85. The quantitative estimate of drug-likeness (QED) is 0.497. The van der Waals surface area contributed by atoms with Crippen LogP contribution >= 0.6 is 7.60 Å². The van der Waals surface area contributed by atoms with Crippen LogP contribution in [0.15, 0.2) is 0 Å². The molecule has 0 N–H and O–H groups in total. The SMILES string of the molecule is C.CP1(=O)OCCCO1. The Hall–Kier alpha value is 0.150. The van der Waals surface area contributed by atoms with E-state index in [1.165, 1.54) is 6.66 Å². The molecule has 0 spiro atoms. The van der Waals surface area contributed by atoms with E-state index in [2.05, 4.69) is 0 Å². The third kappa shape index (κ3) is 2.99. The molecule has 0 bridgehead atoms. The second-order valence-electron chi connectivity index (χ2n) is 1.79. The molecule has 0 atom stereocenters. The molecule has 0 amide bonds. The van der Waals surface area contributed by atoms with E-state index in [9.17, 15) is 4.57 Å². The molecule has 0 saturated carbocycles. The summed E-state index contributed by atoms with van der Waals surface area (Å²) in [6.07, 6.45) is 0.859. The van der Waals surface area contributed by atoms with Crippen LogP contribution in [-0.2, 0) is 13.6 Å². The van der Waals surface area contributed by atoms with Crippen LogP contribution in [0.2, 0.25) is 0 Å².